The van der Waals surface area contributed by atoms with Crippen LogP contribution in [0.1, 0.15) is 29.0 Å². The Morgan fingerprint density at radius 3 is 2.79 bits per heavy atom. The molecule has 0 unspecified atom stereocenters. The zero-order valence-electron chi connectivity index (χ0n) is 13.6. The lowest BCUT2D eigenvalue weighted by Crippen LogP contribution is -2.41. The van der Waals surface area contributed by atoms with E-state index in [0.717, 1.165) is 31.6 Å². The second kappa shape index (κ2) is 6.29. The second-order valence-corrected chi connectivity index (χ2v) is 6.86. The van der Waals surface area contributed by atoms with Crippen LogP contribution < -0.4 is 5.32 Å². The lowest BCUT2D eigenvalue weighted by atomic mass is 9.88. The summed E-state index contributed by atoms with van der Waals surface area (Å²) >= 11 is 0. The first kappa shape index (κ1) is 15.2. The van der Waals surface area contributed by atoms with Crippen molar-refractivity contribution >= 4 is 11.7 Å². The highest BCUT2D eigenvalue weighted by Crippen LogP contribution is 2.40. The number of carboxylic acid groups (broad SMARTS) is 1. The van der Waals surface area contributed by atoms with Crippen molar-refractivity contribution in [3.05, 3.63) is 65.2 Å². The van der Waals surface area contributed by atoms with Gasteiger partial charge in [0.25, 0.3) is 0 Å². The summed E-state index contributed by atoms with van der Waals surface area (Å²) in [5.74, 6) is -0.321. The van der Waals surface area contributed by atoms with E-state index in [1.54, 1.807) is 0 Å². The fraction of sp³-hybridized carbons (Fsp3) is 0.350. The zero-order valence-corrected chi connectivity index (χ0v) is 13.6. The number of piperidine rings is 1. The number of anilines is 1. The molecule has 2 aromatic carbocycles. The maximum atomic E-state index is 11.0. The smallest absolute Gasteiger partial charge is 0.307 e. The number of likely N-dealkylation sites (tertiary alicyclic amines) is 1. The zero-order chi connectivity index (χ0) is 16.5. The number of nitrogens with zero attached hydrogens (tertiary/aromatic N) is 1. The topological polar surface area (TPSA) is 52.6 Å². The Morgan fingerprint density at radius 1 is 1.17 bits per heavy atom. The third-order valence-electron chi connectivity index (χ3n) is 5.16. The van der Waals surface area contributed by atoms with E-state index >= 15 is 0 Å². The Kier molecular flexibility index (Phi) is 3.98. The normalized spacial score (nSPS) is 22.5. The first-order valence-electron chi connectivity index (χ1n) is 8.56. The van der Waals surface area contributed by atoms with E-state index in [2.05, 4.69) is 46.6 Å². The molecule has 0 aromatic heterocycles. The second-order valence-electron chi connectivity index (χ2n) is 6.86. The monoisotopic (exact) mass is 322 g/mol. The number of benzene rings is 2. The average Bonchev–Trinajstić information content (AvgIpc) is 2.93. The molecule has 2 atom stereocenters. The molecule has 0 spiro atoms. The van der Waals surface area contributed by atoms with Crippen LogP contribution in [0.5, 0.6) is 0 Å². The summed E-state index contributed by atoms with van der Waals surface area (Å²) < 4.78 is 0. The predicted molar refractivity (Wildman–Crippen MR) is 94.3 cm³/mol. The van der Waals surface area contributed by atoms with Crippen molar-refractivity contribution in [2.45, 2.75) is 31.3 Å². The van der Waals surface area contributed by atoms with Gasteiger partial charge in [-0.15, -0.1) is 0 Å². The van der Waals surface area contributed by atoms with Gasteiger partial charge in [-0.25, -0.2) is 0 Å². The van der Waals surface area contributed by atoms with Crippen molar-refractivity contribution in [1.82, 2.24) is 4.90 Å². The number of hydrogen-bond acceptors (Lipinski definition) is 3. The molecule has 2 N–H and O–H groups in total. The molecular formula is C20H22N2O2. The van der Waals surface area contributed by atoms with Crippen molar-refractivity contribution in [3.8, 4) is 0 Å². The van der Waals surface area contributed by atoms with Crippen LogP contribution in [-0.4, -0.2) is 35.1 Å². The average molecular weight is 322 g/mol. The van der Waals surface area contributed by atoms with Gasteiger partial charge in [0.1, 0.15) is 0 Å². The van der Waals surface area contributed by atoms with E-state index in [9.17, 15) is 4.79 Å². The first-order chi connectivity index (χ1) is 11.7. The summed E-state index contributed by atoms with van der Waals surface area (Å²) in [5.41, 5.74) is 4.71. The van der Waals surface area contributed by atoms with Crippen LogP contribution >= 0.6 is 0 Å². The molecule has 0 bridgehead atoms. The molecule has 1 fully saturated rings. The largest absolute Gasteiger partial charge is 0.481 e. The number of aliphatic carboxylic acids is 1. The highest BCUT2D eigenvalue weighted by atomic mass is 16.4. The summed E-state index contributed by atoms with van der Waals surface area (Å²) in [7, 11) is 0. The minimum absolute atomic E-state index is 0.0956. The van der Waals surface area contributed by atoms with Gasteiger partial charge in [-0.3, -0.25) is 9.69 Å². The molecule has 2 aliphatic heterocycles. The van der Waals surface area contributed by atoms with Gasteiger partial charge < -0.3 is 10.4 Å². The first-order valence-corrected chi connectivity index (χ1v) is 8.56. The fourth-order valence-corrected chi connectivity index (χ4v) is 4.03. The minimum Gasteiger partial charge on any atom is -0.481 e. The maximum Gasteiger partial charge on any atom is 0.307 e. The third kappa shape index (κ3) is 3.02. The summed E-state index contributed by atoms with van der Waals surface area (Å²) in [6.07, 6.45) is 1.22. The Bertz CT molecular complexity index is 745. The van der Waals surface area contributed by atoms with Crippen LogP contribution in [0.3, 0.4) is 0 Å². The number of nitrogens with one attached hydrogen (secondary N) is 1. The standard InChI is InChI=1S/C20H22N2O2/c23-20(24)11-15-6-7-18-16(10-15)17-13-22(9-8-19(17)21-18)12-14-4-2-1-3-5-14/h1-7,10,17,19,21H,8-9,11-13H2,(H,23,24)/t17-,19-/m0/s1. The number of rotatable bonds is 4. The number of carboxylic acids is 1. The van der Waals surface area contributed by atoms with E-state index in [4.69, 9.17) is 5.11 Å². The lowest BCUT2D eigenvalue weighted by molar-refractivity contribution is -0.136. The highest BCUT2D eigenvalue weighted by molar-refractivity contribution is 5.71. The summed E-state index contributed by atoms with van der Waals surface area (Å²) in [5, 5.41) is 12.7. The van der Waals surface area contributed by atoms with E-state index in [-0.39, 0.29) is 6.42 Å². The van der Waals surface area contributed by atoms with Gasteiger partial charge in [-0.1, -0.05) is 42.5 Å². The lowest BCUT2D eigenvalue weighted by Gasteiger charge is -2.35. The summed E-state index contributed by atoms with van der Waals surface area (Å²) in [6, 6.07) is 17.1. The van der Waals surface area contributed by atoms with E-state index in [1.807, 2.05) is 12.1 Å². The Balaban J connectivity index is 1.52. The van der Waals surface area contributed by atoms with Gasteiger partial charge in [-0.2, -0.15) is 0 Å². The molecule has 2 aromatic rings. The molecule has 0 saturated carbocycles. The van der Waals surface area contributed by atoms with E-state index in [1.165, 1.54) is 16.8 Å². The SMILES string of the molecule is O=C(O)Cc1ccc2c(c1)[C@@H]1CN(Cc3ccccc3)CC[C@@H]1N2. The molecule has 4 nitrogen and oxygen atoms in total. The fourth-order valence-electron chi connectivity index (χ4n) is 4.03. The maximum absolute atomic E-state index is 11.0. The molecular weight excluding hydrogens is 300 g/mol. The Labute approximate surface area is 142 Å². The molecule has 0 aliphatic carbocycles. The van der Waals surface area contributed by atoms with Gasteiger partial charge in [0.05, 0.1) is 6.42 Å². The molecule has 24 heavy (non-hydrogen) atoms. The van der Waals surface area contributed by atoms with Crippen molar-refractivity contribution in [3.63, 3.8) is 0 Å². The van der Waals surface area contributed by atoms with Crippen LogP contribution in [-0.2, 0) is 17.8 Å². The van der Waals surface area contributed by atoms with Crippen LogP contribution in [0.2, 0.25) is 0 Å². The molecule has 0 amide bonds. The van der Waals surface area contributed by atoms with Gasteiger partial charge in [0.2, 0.25) is 0 Å². The third-order valence-corrected chi connectivity index (χ3v) is 5.16. The molecule has 4 rings (SSSR count). The molecule has 0 radical (unpaired) electrons. The van der Waals surface area contributed by atoms with Gasteiger partial charge in [-0.05, 0) is 29.2 Å². The minimum atomic E-state index is -0.771. The molecule has 1 saturated heterocycles. The van der Waals surface area contributed by atoms with Crippen LogP contribution in [0.15, 0.2) is 48.5 Å². The summed E-state index contributed by atoms with van der Waals surface area (Å²) in [6.45, 7) is 3.10. The van der Waals surface area contributed by atoms with Gasteiger partial charge in [0.15, 0.2) is 0 Å². The van der Waals surface area contributed by atoms with Gasteiger partial charge >= 0.3 is 5.97 Å². The quantitative estimate of drug-likeness (QED) is 0.908. The number of hydrogen-bond donors (Lipinski definition) is 2. The van der Waals surface area contributed by atoms with Crippen molar-refractivity contribution in [2.75, 3.05) is 18.4 Å². The molecule has 4 heteroatoms. The predicted octanol–water partition coefficient (Wildman–Crippen LogP) is 3.10. The molecule has 2 aliphatic rings. The highest BCUT2D eigenvalue weighted by Gasteiger charge is 2.36. The Hall–Kier alpha value is -2.33. The Morgan fingerprint density at radius 2 is 2.00 bits per heavy atom. The van der Waals surface area contributed by atoms with Crippen LogP contribution in [0, 0.1) is 0 Å². The molecule has 124 valence electrons. The van der Waals surface area contributed by atoms with Crippen molar-refractivity contribution in [1.29, 1.82) is 0 Å². The van der Waals surface area contributed by atoms with Crippen molar-refractivity contribution < 1.29 is 9.90 Å². The van der Waals surface area contributed by atoms with Gasteiger partial charge in [0, 0.05) is 37.3 Å². The van der Waals surface area contributed by atoms with Crippen LogP contribution in [0.4, 0.5) is 5.69 Å². The number of fused-ring (bicyclic) bond motifs is 3. The van der Waals surface area contributed by atoms with E-state index < -0.39 is 5.97 Å². The van der Waals surface area contributed by atoms with Crippen LogP contribution in [0.25, 0.3) is 0 Å². The van der Waals surface area contributed by atoms with E-state index in [0.29, 0.717) is 12.0 Å². The summed E-state index contributed by atoms with van der Waals surface area (Å²) in [4.78, 5) is 13.5. The number of carbonyl (C=O) groups is 1. The van der Waals surface area contributed by atoms with Crippen molar-refractivity contribution in [2.24, 2.45) is 0 Å². The molecule has 2 heterocycles.